The van der Waals surface area contributed by atoms with Gasteiger partial charge in [-0.3, -0.25) is 15.0 Å². The fraction of sp³-hybridized carbons (Fsp3) is 0.450. The highest BCUT2D eigenvalue weighted by atomic mass is 79.9. The van der Waals surface area contributed by atoms with Crippen LogP contribution in [0.15, 0.2) is 39.9 Å². The molecule has 1 heterocycles. The molecule has 1 aliphatic heterocycles. The van der Waals surface area contributed by atoms with Gasteiger partial charge in [0, 0.05) is 15.3 Å². The molecule has 1 saturated carbocycles. The van der Waals surface area contributed by atoms with Crippen molar-refractivity contribution >= 4 is 50.8 Å². The Morgan fingerprint density at radius 2 is 1.63 bits per heavy atom. The van der Waals surface area contributed by atoms with E-state index in [2.05, 4.69) is 54.4 Å². The van der Waals surface area contributed by atoms with Crippen molar-refractivity contribution in [2.24, 2.45) is 22.7 Å². The van der Waals surface area contributed by atoms with Crippen LogP contribution in [-0.4, -0.2) is 21.9 Å². The number of hydrazine groups is 1. The van der Waals surface area contributed by atoms with Crippen molar-refractivity contribution in [3.63, 3.8) is 0 Å². The Bertz CT molecular complexity index is 888. The third-order valence-corrected chi connectivity index (χ3v) is 7.91. The Hall–Kier alpha value is -1.73. The summed E-state index contributed by atoms with van der Waals surface area (Å²) in [6, 6.07) is 7.52. The lowest BCUT2D eigenvalue weighted by molar-refractivity contribution is -0.143. The zero-order valence-corrected chi connectivity index (χ0v) is 18.1. The van der Waals surface area contributed by atoms with Gasteiger partial charge in [0.1, 0.15) is 0 Å². The van der Waals surface area contributed by atoms with E-state index in [1.165, 1.54) is 11.1 Å². The van der Waals surface area contributed by atoms with Crippen LogP contribution in [0, 0.1) is 22.7 Å². The predicted molar refractivity (Wildman–Crippen MR) is 112 cm³/mol. The topological polar surface area (TPSA) is 61.4 Å². The number of halogens is 1. The number of carbonyl (C=O) groups is 2. The lowest BCUT2D eigenvalue weighted by atomic mass is 9.66. The van der Waals surface area contributed by atoms with Crippen molar-refractivity contribution in [1.29, 1.82) is 0 Å². The maximum atomic E-state index is 13.2. The third-order valence-electron chi connectivity index (χ3n) is 7.02. The lowest BCUT2D eigenvalue weighted by Gasteiger charge is -2.34. The standard InChI is InChI=1S/C20H22BrN3O2S/c1-10-11(2)20(4)9-19(10,3)14-15(20)17(26)24(16(14)25)23-18(27)22-13-8-6-5-7-12(13)21/h5-8,14-15H,9H2,1-4H3,(H2,22,23,27). The van der Waals surface area contributed by atoms with E-state index in [0.29, 0.717) is 0 Å². The van der Waals surface area contributed by atoms with Gasteiger partial charge < -0.3 is 5.32 Å². The first-order valence-electron chi connectivity index (χ1n) is 8.99. The van der Waals surface area contributed by atoms with Crippen molar-refractivity contribution in [2.45, 2.75) is 34.1 Å². The Labute approximate surface area is 172 Å². The summed E-state index contributed by atoms with van der Waals surface area (Å²) in [7, 11) is 0. The number of rotatable bonds is 2. The number of hydrogen-bond acceptors (Lipinski definition) is 3. The monoisotopic (exact) mass is 447 g/mol. The molecule has 4 unspecified atom stereocenters. The number of allylic oxidation sites excluding steroid dienone is 2. The number of nitrogens with one attached hydrogen (secondary N) is 2. The molecule has 1 saturated heterocycles. The summed E-state index contributed by atoms with van der Waals surface area (Å²) < 4.78 is 0.846. The molecule has 5 nitrogen and oxygen atoms in total. The first-order chi connectivity index (χ1) is 12.6. The van der Waals surface area contributed by atoms with Crippen LogP contribution >= 0.6 is 28.1 Å². The molecule has 2 fully saturated rings. The van der Waals surface area contributed by atoms with Gasteiger partial charge in [-0.2, -0.15) is 5.01 Å². The highest BCUT2D eigenvalue weighted by Crippen LogP contribution is 2.71. The number of para-hydroxylation sites is 1. The maximum absolute atomic E-state index is 13.2. The molecule has 0 radical (unpaired) electrons. The van der Waals surface area contributed by atoms with Crippen LogP contribution in [0.3, 0.4) is 0 Å². The normalized spacial score (nSPS) is 34.3. The number of anilines is 1. The van der Waals surface area contributed by atoms with Gasteiger partial charge in [0.2, 0.25) is 0 Å². The molecule has 4 rings (SSSR count). The van der Waals surface area contributed by atoms with Gasteiger partial charge in [-0.05, 0) is 60.5 Å². The largest absolute Gasteiger partial charge is 0.330 e. The predicted octanol–water partition coefficient (Wildman–Crippen LogP) is 4.02. The van der Waals surface area contributed by atoms with E-state index in [-0.39, 0.29) is 39.6 Å². The molecule has 7 heteroatoms. The maximum Gasteiger partial charge on any atom is 0.253 e. The highest BCUT2D eigenvalue weighted by molar-refractivity contribution is 9.10. The van der Waals surface area contributed by atoms with Gasteiger partial charge in [-0.25, -0.2) is 0 Å². The summed E-state index contributed by atoms with van der Waals surface area (Å²) in [5, 5.41) is 4.38. The minimum absolute atomic E-state index is 0.181. The van der Waals surface area contributed by atoms with Gasteiger partial charge in [0.25, 0.3) is 11.8 Å². The number of amides is 2. The van der Waals surface area contributed by atoms with Crippen LogP contribution in [0.4, 0.5) is 5.69 Å². The van der Waals surface area contributed by atoms with E-state index in [1.807, 2.05) is 24.3 Å². The van der Waals surface area contributed by atoms with Gasteiger partial charge >= 0.3 is 0 Å². The average molecular weight is 448 g/mol. The molecule has 3 aliphatic rings. The van der Waals surface area contributed by atoms with Gasteiger partial charge in [0.15, 0.2) is 5.11 Å². The highest BCUT2D eigenvalue weighted by Gasteiger charge is 2.72. The Balaban J connectivity index is 1.58. The summed E-state index contributed by atoms with van der Waals surface area (Å²) in [6.07, 6.45) is 0.859. The molecule has 0 aromatic heterocycles. The van der Waals surface area contributed by atoms with Crippen molar-refractivity contribution < 1.29 is 9.59 Å². The van der Waals surface area contributed by atoms with E-state index in [1.54, 1.807) is 0 Å². The smallest absolute Gasteiger partial charge is 0.253 e. The van der Waals surface area contributed by atoms with Crippen LogP contribution in [0.25, 0.3) is 0 Å². The fourth-order valence-electron chi connectivity index (χ4n) is 5.45. The van der Waals surface area contributed by atoms with Crippen molar-refractivity contribution in [2.75, 3.05) is 5.32 Å². The van der Waals surface area contributed by atoms with Gasteiger partial charge in [-0.1, -0.05) is 37.1 Å². The van der Waals surface area contributed by atoms with Gasteiger partial charge in [-0.15, -0.1) is 0 Å². The zero-order valence-electron chi connectivity index (χ0n) is 15.7. The number of imide groups is 1. The van der Waals surface area contributed by atoms with Crippen molar-refractivity contribution in [3.05, 3.63) is 39.9 Å². The van der Waals surface area contributed by atoms with Gasteiger partial charge in [0.05, 0.1) is 17.5 Å². The molecule has 27 heavy (non-hydrogen) atoms. The van der Waals surface area contributed by atoms with Crippen molar-refractivity contribution in [3.8, 4) is 0 Å². The first-order valence-corrected chi connectivity index (χ1v) is 10.2. The Morgan fingerprint density at radius 1 is 1.11 bits per heavy atom. The lowest BCUT2D eigenvalue weighted by Crippen LogP contribution is -2.49. The van der Waals surface area contributed by atoms with E-state index in [4.69, 9.17) is 12.2 Å². The summed E-state index contributed by atoms with van der Waals surface area (Å²) in [5.74, 6) is -1.01. The van der Waals surface area contributed by atoms with E-state index >= 15 is 0 Å². The molecule has 1 aromatic carbocycles. The molecule has 142 valence electrons. The number of thiocarbonyl (C=S) groups is 1. The molecule has 0 spiro atoms. The fourth-order valence-corrected chi connectivity index (χ4v) is 6.03. The Kier molecular flexibility index (Phi) is 4.06. The molecular formula is C20H22BrN3O2S. The number of hydrogen-bond donors (Lipinski definition) is 2. The molecule has 4 atom stereocenters. The van der Waals surface area contributed by atoms with E-state index < -0.39 is 0 Å². The van der Waals surface area contributed by atoms with E-state index in [0.717, 1.165) is 21.6 Å². The average Bonchev–Trinajstić information content (AvgIpc) is 3.08. The summed E-state index contributed by atoms with van der Waals surface area (Å²) in [4.78, 5) is 26.3. The molecule has 2 bridgehead atoms. The molecule has 2 amide bonds. The van der Waals surface area contributed by atoms with Crippen molar-refractivity contribution in [1.82, 2.24) is 10.4 Å². The van der Waals surface area contributed by atoms with Crippen LogP contribution in [-0.2, 0) is 9.59 Å². The molecule has 2 N–H and O–H groups in total. The summed E-state index contributed by atoms with van der Waals surface area (Å²) in [5.41, 5.74) is 5.58. The zero-order chi connectivity index (χ0) is 19.7. The van der Waals surface area contributed by atoms with Crippen LogP contribution in [0.1, 0.15) is 34.1 Å². The minimum atomic E-state index is -0.322. The number of carbonyl (C=O) groups excluding carboxylic acids is 2. The molecule has 2 aliphatic carbocycles. The second-order valence-corrected chi connectivity index (χ2v) is 9.54. The summed E-state index contributed by atoms with van der Waals surface area (Å²) >= 11 is 8.80. The van der Waals surface area contributed by atoms with Crippen LogP contribution in [0.5, 0.6) is 0 Å². The third kappa shape index (κ3) is 2.37. The molecule has 1 aromatic rings. The Morgan fingerprint density at radius 3 is 2.15 bits per heavy atom. The van der Waals surface area contributed by atoms with E-state index in [9.17, 15) is 9.59 Å². The number of nitrogens with zero attached hydrogens (tertiary/aromatic N) is 1. The second kappa shape index (κ2) is 5.88. The van der Waals surface area contributed by atoms with Crippen LogP contribution in [0.2, 0.25) is 0 Å². The SMILES string of the molecule is CC1=C(C)C2(C)CC1(C)C1C(=O)N(NC(=S)Nc3ccccc3Br)C(=O)C12. The number of fused-ring (bicyclic) bond motifs is 5. The van der Waals surface area contributed by atoms with Crippen LogP contribution < -0.4 is 10.7 Å². The number of benzene rings is 1. The summed E-state index contributed by atoms with van der Waals surface area (Å²) in [6.45, 7) is 8.44. The quantitative estimate of drug-likeness (QED) is 0.407. The minimum Gasteiger partial charge on any atom is -0.330 e. The molecular weight excluding hydrogens is 426 g/mol. The first kappa shape index (κ1) is 18.6. The second-order valence-electron chi connectivity index (χ2n) is 8.27.